The van der Waals surface area contributed by atoms with Crippen molar-refractivity contribution in [2.75, 3.05) is 13.1 Å². The van der Waals surface area contributed by atoms with Crippen molar-refractivity contribution in [1.29, 1.82) is 0 Å². The van der Waals surface area contributed by atoms with Crippen molar-refractivity contribution >= 4 is 17.5 Å². The first-order valence-corrected chi connectivity index (χ1v) is 11.0. The van der Waals surface area contributed by atoms with Crippen LogP contribution in [-0.2, 0) is 0 Å². The molecule has 1 aliphatic heterocycles. The largest absolute Gasteiger partial charge is 0.349 e. The molecule has 1 saturated carbocycles. The molecule has 10 nitrogen and oxygen atoms in total. The predicted octanol–water partition coefficient (Wildman–Crippen LogP) is 2.24. The number of likely N-dealkylation sites (tertiary alicyclic amines) is 1. The fourth-order valence-corrected chi connectivity index (χ4v) is 4.44. The number of alkyl halides is 2. The number of hydrogen-bond acceptors (Lipinski definition) is 6. The van der Waals surface area contributed by atoms with Crippen LogP contribution in [0.5, 0.6) is 0 Å². The number of rotatable bonds is 6. The Bertz CT molecular complexity index is 1230. The van der Waals surface area contributed by atoms with Gasteiger partial charge >= 0.3 is 0 Å². The normalized spacial score (nSPS) is 18.5. The van der Waals surface area contributed by atoms with Gasteiger partial charge in [0.2, 0.25) is 0 Å². The van der Waals surface area contributed by atoms with Crippen LogP contribution in [-0.4, -0.2) is 65.4 Å². The number of fused-ring (bicyclic) bond motifs is 1. The van der Waals surface area contributed by atoms with E-state index in [9.17, 15) is 18.4 Å². The highest BCUT2D eigenvalue weighted by molar-refractivity contribution is 6.00. The summed E-state index contributed by atoms with van der Waals surface area (Å²) in [6, 6.07) is 1.50. The molecule has 1 atom stereocenters. The van der Waals surface area contributed by atoms with Crippen LogP contribution in [0.2, 0.25) is 0 Å². The molecule has 2 aliphatic rings. The van der Waals surface area contributed by atoms with Crippen LogP contribution in [0, 0.1) is 13.8 Å². The van der Waals surface area contributed by atoms with E-state index in [1.807, 2.05) is 19.9 Å². The van der Waals surface area contributed by atoms with E-state index < -0.39 is 18.0 Å². The van der Waals surface area contributed by atoms with Gasteiger partial charge in [-0.15, -0.1) is 5.10 Å². The topological polar surface area (TPSA) is 110 Å². The van der Waals surface area contributed by atoms with E-state index >= 15 is 0 Å². The van der Waals surface area contributed by atoms with Gasteiger partial charge in [-0.05, 0) is 45.6 Å². The molecule has 2 fully saturated rings. The van der Waals surface area contributed by atoms with Crippen LogP contribution < -0.4 is 5.32 Å². The van der Waals surface area contributed by atoms with E-state index in [1.54, 1.807) is 9.42 Å². The summed E-state index contributed by atoms with van der Waals surface area (Å²) in [5.41, 5.74) is 1.74. The summed E-state index contributed by atoms with van der Waals surface area (Å²) in [6.45, 7) is 4.41. The van der Waals surface area contributed by atoms with Gasteiger partial charge in [-0.3, -0.25) is 9.59 Å². The summed E-state index contributed by atoms with van der Waals surface area (Å²) in [6.07, 6.45) is 1.63. The lowest BCUT2D eigenvalue weighted by Gasteiger charge is -2.24. The minimum absolute atomic E-state index is 0.113. The number of aromatic nitrogens is 6. The molecular weight excluding hydrogens is 434 g/mol. The van der Waals surface area contributed by atoms with Gasteiger partial charge in [0, 0.05) is 30.5 Å². The minimum atomic E-state index is -2.85. The fourth-order valence-electron chi connectivity index (χ4n) is 4.44. The zero-order valence-corrected chi connectivity index (χ0v) is 18.3. The van der Waals surface area contributed by atoms with Gasteiger partial charge in [-0.1, -0.05) is 5.21 Å². The first kappa shape index (κ1) is 21.4. The monoisotopic (exact) mass is 458 g/mol. The molecule has 2 amide bonds. The van der Waals surface area contributed by atoms with Gasteiger partial charge in [0.25, 0.3) is 18.2 Å². The third-order valence-corrected chi connectivity index (χ3v) is 6.19. The van der Waals surface area contributed by atoms with Crippen LogP contribution in [0.25, 0.3) is 5.65 Å². The molecule has 0 radical (unpaired) electrons. The van der Waals surface area contributed by atoms with Gasteiger partial charge in [0.05, 0.1) is 12.2 Å². The molecule has 0 spiro atoms. The second-order valence-electron chi connectivity index (χ2n) is 8.64. The Hall–Kier alpha value is -3.44. The van der Waals surface area contributed by atoms with Crippen molar-refractivity contribution < 1.29 is 18.4 Å². The Morgan fingerprint density at radius 2 is 2.03 bits per heavy atom. The predicted molar refractivity (Wildman–Crippen MR) is 112 cm³/mol. The smallest absolute Gasteiger partial charge is 0.282 e. The third kappa shape index (κ3) is 3.83. The van der Waals surface area contributed by atoms with E-state index in [2.05, 4.69) is 25.7 Å². The Balaban J connectivity index is 1.31. The van der Waals surface area contributed by atoms with E-state index in [0.717, 1.165) is 35.3 Å². The maximum absolute atomic E-state index is 13.6. The molecule has 12 heteroatoms. The Morgan fingerprint density at radius 1 is 1.24 bits per heavy atom. The second-order valence-corrected chi connectivity index (χ2v) is 8.64. The second kappa shape index (κ2) is 8.16. The van der Waals surface area contributed by atoms with E-state index in [1.165, 1.54) is 6.20 Å². The standard InChI is InChI=1S/C21H24F2N8O2/c1-11-8-12(2)30-19(26-11)15(10-25-30)21(33)29-7-3-4-14(29)9-24-20(32)16-17(18(22)23)31(28-27-16)13-5-6-13/h8,10,13-14,18H,3-7,9H2,1-2H3,(H,24,32)/t14-/m1/s1. The lowest BCUT2D eigenvalue weighted by Crippen LogP contribution is -2.43. The highest BCUT2D eigenvalue weighted by atomic mass is 19.3. The van der Waals surface area contributed by atoms with E-state index in [0.29, 0.717) is 24.2 Å². The van der Waals surface area contributed by atoms with Crippen LogP contribution in [0.15, 0.2) is 12.3 Å². The first-order valence-electron chi connectivity index (χ1n) is 11.0. The Morgan fingerprint density at radius 3 is 2.76 bits per heavy atom. The van der Waals surface area contributed by atoms with Crippen LogP contribution in [0.4, 0.5) is 8.78 Å². The number of carbonyl (C=O) groups excluding carboxylic acids is 2. The molecule has 174 valence electrons. The third-order valence-electron chi connectivity index (χ3n) is 6.19. The number of carbonyl (C=O) groups is 2. The molecular formula is C21H24F2N8O2. The lowest BCUT2D eigenvalue weighted by molar-refractivity contribution is 0.0725. The van der Waals surface area contributed by atoms with Crippen LogP contribution >= 0.6 is 0 Å². The lowest BCUT2D eigenvalue weighted by atomic mass is 10.2. The fraction of sp³-hybridized carbons (Fsp3) is 0.524. The van der Waals surface area contributed by atoms with Crippen molar-refractivity contribution in [1.82, 2.24) is 39.8 Å². The molecule has 3 aromatic rings. The average molecular weight is 458 g/mol. The summed E-state index contributed by atoms with van der Waals surface area (Å²) in [4.78, 5) is 32.1. The number of hydrogen-bond donors (Lipinski definition) is 1. The highest BCUT2D eigenvalue weighted by Crippen LogP contribution is 2.37. The summed E-state index contributed by atoms with van der Waals surface area (Å²) in [7, 11) is 0. The molecule has 0 bridgehead atoms. The summed E-state index contributed by atoms with van der Waals surface area (Å²) < 4.78 is 29.9. The van der Waals surface area contributed by atoms with Crippen LogP contribution in [0.1, 0.15) is 76.1 Å². The zero-order chi connectivity index (χ0) is 23.3. The summed E-state index contributed by atoms with van der Waals surface area (Å²) in [5, 5.41) is 14.4. The molecule has 1 N–H and O–H groups in total. The average Bonchev–Trinajstić information content (AvgIpc) is 3.18. The van der Waals surface area contributed by atoms with Gasteiger partial charge in [-0.2, -0.15) is 5.10 Å². The molecule has 4 heterocycles. The maximum Gasteiger partial charge on any atom is 0.282 e. The van der Waals surface area contributed by atoms with Crippen molar-refractivity contribution in [3.05, 3.63) is 40.6 Å². The van der Waals surface area contributed by atoms with Crippen molar-refractivity contribution in [3.63, 3.8) is 0 Å². The molecule has 1 saturated heterocycles. The van der Waals surface area contributed by atoms with Gasteiger partial charge in [0.15, 0.2) is 11.3 Å². The summed E-state index contributed by atoms with van der Waals surface area (Å²) in [5.74, 6) is -0.924. The van der Waals surface area contributed by atoms with Gasteiger partial charge < -0.3 is 10.2 Å². The highest BCUT2D eigenvalue weighted by Gasteiger charge is 2.36. The maximum atomic E-state index is 13.6. The number of halogens is 2. The van der Waals surface area contributed by atoms with Crippen molar-refractivity contribution in [2.24, 2.45) is 0 Å². The number of nitrogens with zero attached hydrogens (tertiary/aromatic N) is 7. The molecule has 0 unspecified atom stereocenters. The quantitative estimate of drug-likeness (QED) is 0.607. The SMILES string of the molecule is Cc1cc(C)n2ncc(C(=O)N3CCC[C@@H]3CNC(=O)c3nnn(C4CC4)c3C(F)F)c2n1. The number of nitrogens with one attached hydrogen (secondary N) is 1. The molecule has 3 aromatic heterocycles. The summed E-state index contributed by atoms with van der Waals surface area (Å²) >= 11 is 0. The molecule has 33 heavy (non-hydrogen) atoms. The Labute approximate surface area is 188 Å². The van der Waals surface area contributed by atoms with Crippen molar-refractivity contribution in [2.45, 2.75) is 58.0 Å². The molecule has 0 aromatic carbocycles. The molecule has 1 aliphatic carbocycles. The zero-order valence-electron chi connectivity index (χ0n) is 18.3. The van der Waals surface area contributed by atoms with Crippen LogP contribution in [0.3, 0.4) is 0 Å². The van der Waals surface area contributed by atoms with Crippen molar-refractivity contribution in [3.8, 4) is 0 Å². The first-order chi connectivity index (χ1) is 15.8. The minimum Gasteiger partial charge on any atom is -0.349 e. The Kier molecular flexibility index (Phi) is 5.29. The van der Waals surface area contributed by atoms with Gasteiger partial charge in [0.1, 0.15) is 11.3 Å². The molecule has 5 rings (SSSR count). The number of amides is 2. The number of aryl methyl sites for hydroxylation is 2. The van der Waals surface area contributed by atoms with E-state index in [4.69, 9.17) is 0 Å². The van der Waals surface area contributed by atoms with E-state index in [-0.39, 0.29) is 30.2 Å². The van der Waals surface area contributed by atoms with Gasteiger partial charge in [-0.25, -0.2) is 23.0 Å².